The molecule has 0 spiro atoms. The highest BCUT2D eigenvalue weighted by molar-refractivity contribution is 5.93. The Kier molecular flexibility index (Phi) is 6.20. The summed E-state index contributed by atoms with van der Waals surface area (Å²) < 4.78 is 4.94. The lowest BCUT2D eigenvalue weighted by Crippen LogP contribution is -2.20. The van der Waals surface area contributed by atoms with Gasteiger partial charge in [0.25, 0.3) is 0 Å². The minimum absolute atomic E-state index is 0.170. The zero-order valence-corrected chi connectivity index (χ0v) is 14.0. The molecule has 21 heavy (non-hydrogen) atoms. The van der Waals surface area contributed by atoms with Gasteiger partial charge in [-0.3, -0.25) is 0 Å². The van der Waals surface area contributed by atoms with Crippen molar-refractivity contribution >= 4 is 5.97 Å². The van der Waals surface area contributed by atoms with Crippen LogP contribution in [0, 0.1) is 16.7 Å². The van der Waals surface area contributed by atoms with Crippen LogP contribution >= 0.6 is 0 Å². The molecule has 3 heteroatoms. The Hall–Kier alpha value is -1.56. The fraction of sp³-hybridized carbons (Fsp3) is 0.667. The number of carbonyl (C=O) groups is 1. The molecule has 0 saturated heterocycles. The summed E-state index contributed by atoms with van der Waals surface area (Å²) in [6.07, 6.45) is 5.31. The standard InChI is InChI=1S/C18H27NO2/c1-6-21-17(20)15(12-19)13(2)9-10-16-14(3)8-7-11-18(16,4)5/h6-11H2,1-5H3/b15-13-. The van der Waals surface area contributed by atoms with Crippen molar-refractivity contribution in [2.45, 2.75) is 66.7 Å². The first-order valence-electron chi connectivity index (χ1n) is 7.79. The van der Waals surface area contributed by atoms with Gasteiger partial charge in [0.2, 0.25) is 0 Å². The maximum atomic E-state index is 11.7. The molecule has 0 atom stereocenters. The summed E-state index contributed by atoms with van der Waals surface area (Å²) in [5.41, 5.74) is 4.21. The van der Waals surface area contributed by atoms with Crippen LogP contribution in [0.4, 0.5) is 0 Å². The second kappa shape index (κ2) is 7.45. The molecule has 1 aliphatic carbocycles. The fourth-order valence-corrected chi connectivity index (χ4v) is 3.18. The normalized spacial score (nSPS) is 18.9. The Morgan fingerprint density at radius 1 is 1.43 bits per heavy atom. The first kappa shape index (κ1) is 17.5. The van der Waals surface area contributed by atoms with Crippen LogP contribution < -0.4 is 0 Å². The molecule has 0 radical (unpaired) electrons. The largest absolute Gasteiger partial charge is 0.462 e. The molecular formula is C18H27NO2. The summed E-state index contributed by atoms with van der Waals surface area (Å²) in [7, 11) is 0. The lowest BCUT2D eigenvalue weighted by atomic mass is 9.71. The lowest BCUT2D eigenvalue weighted by Gasteiger charge is -2.35. The highest BCUT2D eigenvalue weighted by Crippen LogP contribution is 2.42. The molecule has 0 aromatic carbocycles. The van der Waals surface area contributed by atoms with Gasteiger partial charge in [0.15, 0.2) is 0 Å². The van der Waals surface area contributed by atoms with Gasteiger partial charge in [-0.05, 0) is 63.9 Å². The number of nitriles is 1. The Morgan fingerprint density at radius 2 is 2.10 bits per heavy atom. The van der Waals surface area contributed by atoms with Crippen molar-refractivity contribution in [3.05, 3.63) is 22.3 Å². The Labute approximate surface area is 128 Å². The van der Waals surface area contributed by atoms with Gasteiger partial charge in [-0.25, -0.2) is 4.79 Å². The molecule has 0 saturated carbocycles. The molecule has 1 rings (SSSR count). The van der Waals surface area contributed by atoms with Crippen molar-refractivity contribution in [3.63, 3.8) is 0 Å². The van der Waals surface area contributed by atoms with Crippen LogP contribution in [0.5, 0.6) is 0 Å². The summed E-state index contributed by atoms with van der Waals surface area (Å²) in [6, 6.07) is 2.00. The predicted molar refractivity (Wildman–Crippen MR) is 84.5 cm³/mol. The van der Waals surface area contributed by atoms with E-state index in [0.717, 1.165) is 18.4 Å². The van der Waals surface area contributed by atoms with E-state index in [9.17, 15) is 4.79 Å². The number of esters is 1. The molecule has 0 amide bonds. The smallest absolute Gasteiger partial charge is 0.348 e. The Morgan fingerprint density at radius 3 is 2.62 bits per heavy atom. The predicted octanol–water partition coefficient (Wildman–Crippen LogP) is 4.70. The molecule has 0 fully saturated rings. The topological polar surface area (TPSA) is 50.1 Å². The van der Waals surface area contributed by atoms with Crippen molar-refractivity contribution < 1.29 is 9.53 Å². The zero-order chi connectivity index (χ0) is 16.0. The molecule has 0 aromatic rings. The zero-order valence-electron chi connectivity index (χ0n) is 14.0. The van der Waals surface area contributed by atoms with Gasteiger partial charge in [-0.15, -0.1) is 0 Å². The van der Waals surface area contributed by atoms with E-state index in [2.05, 4.69) is 20.8 Å². The van der Waals surface area contributed by atoms with Crippen LogP contribution in [0.3, 0.4) is 0 Å². The third-order valence-electron chi connectivity index (χ3n) is 4.45. The molecule has 116 valence electrons. The number of nitrogens with zero attached hydrogens (tertiary/aromatic N) is 1. The van der Waals surface area contributed by atoms with Crippen LogP contribution in [-0.2, 0) is 9.53 Å². The number of allylic oxidation sites excluding steroid dienone is 3. The van der Waals surface area contributed by atoms with Crippen molar-refractivity contribution in [1.82, 2.24) is 0 Å². The quantitative estimate of drug-likeness (QED) is 0.319. The van der Waals surface area contributed by atoms with E-state index in [1.54, 1.807) is 6.92 Å². The summed E-state index contributed by atoms with van der Waals surface area (Å²) >= 11 is 0. The molecule has 0 N–H and O–H groups in total. The average Bonchev–Trinajstić information content (AvgIpc) is 2.38. The van der Waals surface area contributed by atoms with Crippen LogP contribution in [-0.4, -0.2) is 12.6 Å². The first-order chi connectivity index (χ1) is 9.83. The highest BCUT2D eigenvalue weighted by atomic mass is 16.5. The molecule has 0 aliphatic heterocycles. The van der Waals surface area contributed by atoms with Gasteiger partial charge in [0.05, 0.1) is 6.61 Å². The van der Waals surface area contributed by atoms with Gasteiger partial charge in [-0.1, -0.05) is 25.0 Å². The Balaban J connectivity index is 2.86. The van der Waals surface area contributed by atoms with E-state index in [1.807, 2.05) is 13.0 Å². The molecule has 1 aliphatic rings. The van der Waals surface area contributed by atoms with Crippen molar-refractivity contribution in [1.29, 1.82) is 5.26 Å². The van der Waals surface area contributed by atoms with Gasteiger partial charge in [-0.2, -0.15) is 5.26 Å². The van der Waals surface area contributed by atoms with Crippen LogP contribution in [0.25, 0.3) is 0 Å². The maximum absolute atomic E-state index is 11.7. The maximum Gasteiger partial charge on any atom is 0.348 e. The van der Waals surface area contributed by atoms with E-state index in [4.69, 9.17) is 10.00 Å². The third kappa shape index (κ3) is 4.46. The molecule has 0 aromatic heterocycles. The molecule has 0 unspecified atom stereocenters. The minimum Gasteiger partial charge on any atom is -0.462 e. The van der Waals surface area contributed by atoms with Crippen molar-refractivity contribution in [2.75, 3.05) is 6.61 Å². The summed E-state index contributed by atoms with van der Waals surface area (Å²) in [4.78, 5) is 11.7. The SMILES string of the molecule is CCOC(=O)/C(C#N)=C(/C)CCC1=C(C)CCCC1(C)C. The Bertz CT molecular complexity index is 504. The number of hydrogen-bond donors (Lipinski definition) is 0. The first-order valence-corrected chi connectivity index (χ1v) is 7.79. The van der Waals surface area contributed by atoms with Crippen LogP contribution in [0.15, 0.2) is 22.3 Å². The van der Waals surface area contributed by atoms with Crippen LogP contribution in [0.1, 0.15) is 66.7 Å². The number of carbonyl (C=O) groups excluding carboxylic acids is 1. The van der Waals surface area contributed by atoms with E-state index < -0.39 is 5.97 Å². The average molecular weight is 289 g/mol. The minimum atomic E-state index is -0.494. The number of ether oxygens (including phenoxy) is 1. The molecular weight excluding hydrogens is 262 g/mol. The second-order valence-corrected chi connectivity index (χ2v) is 6.48. The molecule has 3 nitrogen and oxygen atoms in total. The van der Waals surface area contributed by atoms with Gasteiger partial charge in [0.1, 0.15) is 11.6 Å². The summed E-state index contributed by atoms with van der Waals surface area (Å²) in [6.45, 7) is 10.7. The van der Waals surface area contributed by atoms with E-state index in [1.165, 1.54) is 30.4 Å². The summed E-state index contributed by atoms with van der Waals surface area (Å²) in [5, 5.41) is 9.16. The lowest BCUT2D eigenvalue weighted by molar-refractivity contribution is -0.138. The van der Waals surface area contributed by atoms with Gasteiger partial charge >= 0.3 is 5.97 Å². The van der Waals surface area contributed by atoms with Crippen molar-refractivity contribution in [2.24, 2.45) is 5.41 Å². The molecule has 0 bridgehead atoms. The third-order valence-corrected chi connectivity index (χ3v) is 4.45. The van der Waals surface area contributed by atoms with E-state index in [-0.39, 0.29) is 11.0 Å². The second-order valence-electron chi connectivity index (χ2n) is 6.48. The fourth-order valence-electron chi connectivity index (χ4n) is 3.18. The van der Waals surface area contributed by atoms with Gasteiger partial charge < -0.3 is 4.74 Å². The molecule has 0 heterocycles. The van der Waals surface area contributed by atoms with E-state index >= 15 is 0 Å². The number of rotatable bonds is 5. The van der Waals surface area contributed by atoms with Gasteiger partial charge in [0, 0.05) is 0 Å². The monoisotopic (exact) mass is 289 g/mol. The summed E-state index contributed by atoms with van der Waals surface area (Å²) in [5.74, 6) is -0.494. The highest BCUT2D eigenvalue weighted by Gasteiger charge is 2.28. The van der Waals surface area contributed by atoms with Crippen molar-refractivity contribution in [3.8, 4) is 6.07 Å². The van der Waals surface area contributed by atoms with E-state index in [0.29, 0.717) is 6.61 Å². The van der Waals surface area contributed by atoms with Crippen LogP contribution in [0.2, 0.25) is 0 Å². The number of hydrogen-bond acceptors (Lipinski definition) is 3.